The summed E-state index contributed by atoms with van der Waals surface area (Å²) in [6.07, 6.45) is 6.45. The molecule has 1 aliphatic heterocycles. The van der Waals surface area contributed by atoms with Crippen molar-refractivity contribution in [3.8, 4) is 0 Å². The SMILES string of the molecule is CC(C)(C1CCNCC1)n1cccn1. The fraction of sp³-hybridized carbons (Fsp3) is 0.727. The van der Waals surface area contributed by atoms with Gasteiger partial charge in [-0.05, 0) is 51.8 Å². The summed E-state index contributed by atoms with van der Waals surface area (Å²) in [4.78, 5) is 0. The van der Waals surface area contributed by atoms with Crippen LogP contribution in [0.3, 0.4) is 0 Å². The van der Waals surface area contributed by atoms with E-state index in [0.29, 0.717) is 0 Å². The van der Waals surface area contributed by atoms with E-state index in [1.165, 1.54) is 12.8 Å². The molecule has 0 spiro atoms. The lowest BCUT2D eigenvalue weighted by atomic mass is 9.81. The van der Waals surface area contributed by atoms with Crippen LogP contribution in [0.5, 0.6) is 0 Å². The molecule has 0 unspecified atom stereocenters. The van der Waals surface area contributed by atoms with Crippen LogP contribution < -0.4 is 5.32 Å². The zero-order valence-corrected chi connectivity index (χ0v) is 9.03. The maximum atomic E-state index is 4.36. The van der Waals surface area contributed by atoms with Crippen LogP contribution in [0.1, 0.15) is 26.7 Å². The summed E-state index contributed by atoms with van der Waals surface area (Å²) in [5.74, 6) is 0.739. The van der Waals surface area contributed by atoms with Crippen molar-refractivity contribution in [2.75, 3.05) is 13.1 Å². The molecule has 14 heavy (non-hydrogen) atoms. The summed E-state index contributed by atoms with van der Waals surface area (Å²) in [6, 6.07) is 2.00. The molecule has 1 aliphatic rings. The Morgan fingerprint density at radius 1 is 1.36 bits per heavy atom. The van der Waals surface area contributed by atoms with E-state index >= 15 is 0 Å². The number of nitrogens with one attached hydrogen (secondary N) is 1. The lowest BCUT2D eigenvalue weighted by Crippen LogP contribution is -2.42. The van der Waals surface area contributed by atoms with Crippen LogP contribution in [-0.2, 0) is 5.54 Å². The fourth-order valence-electron chi connectivity index (χ4n) is 2.33. The Morgan fingerprint density at radius 3 is 2.64 bits per heavy atom. The van der Waals surface area contributed by atoms with Gasteiger partial charge in [0.2, 0.25) is 0 Å². The van der Waals surface area contributed by atoms with Crippen LogP contribution in [0.25, 0.3) is 0 Å². The highest BCUT2D eigenvalue weighted by molar-refractivity contribution is 4.91. The van der Waals surface area contributed by atoms with Gasteiger partial charge in [0.25, 0.3) is 0 Å². The van der Waals surface area contributed by atoms with Gasteiger partial charge in [-0.3, -0.25) is 4.68 Å². The van der Waals surface area contributed by atoms with E-state index in [4.69, 9.17) is 0 Å². The van der Waals surface area contributed by atoms with Gasteiger partial charge in [0.15, 0.2) is 0 Å². The molecule has 1 aromatic rings. The molecule has 0 aromatic carbocycles. The molecule has 2 rings (SSSR count). The Hall–Kier alpha value is -0.830. The van der Waals surface area contributed by atoms with Gasteiger partial charge < -0.3 is 5.32 Å². The second-order valence-electron chi connectivity index (χ2n) is 4.63. The number of piperidine rings is 1. The second kappa shape index (κ2) is 3.73. The minimum absolute atomic E-state index is 0.158. The molecule has 78 valence electrons. The van der Waals surface area contributed by atoms with Crippen molar-refractivity contribution in [2.24, 2.45) is 5.92 Å². The summed E-state index contributed by atoms with van der Waals surface area (Å²) in [5, 5.41) is 7.76. The van der Waals surface area contributed by atoms with Crippen LogP contribution in [-0.4, -0.2) is 22.9 Å². The lowest BCUT2D eigenvalue weighted by molar-refractivity contribution is 0.155. The molecule has 1 saturated heterocycles. The summed E-state index contributed by atoms with van der Waals surface area (Å²) < 4.78 is 2.10. The Labute approximate surface area is 85.5 Å². The summed E-state index contributed by atoms with van der Waals surface area (Å²) in [6.45, 7) is 6.87. The van der Waals surface area contributed by atoms with Gasteiger partial charge >= 0.3 is 0 Å². The first-order chi connectivity index (χ1) is 6.71. The zero-order valence-electron chi connectivity index (χ0n) is 9.03. The minimum atomic E-state index is 0.158. The third-order valence-electron chi connectivity index (χ3n) is 3.43. The molecule has 0 atom stereocenters. The Bertz CT molecular complexity index is 271. The average Bonchev–Trinajstić information content (AvgIpc) is 2.72. The topological polar surface area (TPSA) is 29.9 Å². The number of rotatable bonds is 2. The summed E-state index contributed by atoms with van der Waals surface area (Å²) >= 11 is 0. The largest absolute Gasteiger partial charge is 0.317 e. The van der Waals surface area contributed by atoms with Crippen molar-refractivity contribution in [2.45, 2.75) is 32.2 Å². The lowest BCUT2D eigenvalue weighted by Gasteiger charge is -2.37. The van der Waals surface area contributed by atoms with Crippen molar-refractivity contribution in [3.63, 3.8) is 0 Å². The van der Waals surface area contributed by atoms with Crippen LogP contribution in [0.15, 0.2) is 18.5 Å². The standard InChI is InChI=1S/C11H19N3/c1-11(2,14-9-3-6-13-14)10-4-7-12-8-5-10/h3,6,9-10,12H,4-5,7-8H2,1-2H3. The Balaban J connectivity index is 2.14. The highest BCUT2D eigenvalue weighted by Crippen LogP contribution is 2.31. The average molecular weight is 193 g/mol. The molecule has 1 N–H and O–H groups in total. The Kier molecular flexibility index (Phi) is 2.59. The zero-order chi connectivity index (χ0) is 10.0. The number of aromatic nitrogens is 2. The molecule has 3 nitrogen and oxygen atoms in total. The minimum Gasteiger partial charge on any atom is -0.317 e. The third kappa shape index (κ3) is 1.69. The Morgan fingerprint density at radius 2 is 2.07 bits per heavy atom. The second-order valence-corrected chi connectivity index (χ2v) is 4.63. The third-order valence-corrected chi connectivity index (χ3v) is 3.43. The molecule has 2 heterocycles. The van der Waals surface area contributed by atoms with Crippen molar-refractivity contribution in [3.05, 3.63) is 18.5 Å². The van der Waals surface area contributed by atoms with E-state index in [1.807, 2.05) is 12.3 Å². The molecule has 3 heteroatoms. The monoisotopic (exact) mass is 193 g/mol. The highest BCUT2D eigenvalue weighted by Gasteiger charge is 2.32. The van der Waals surface area contributed by atoms with Crippen molar-refractivity contribution >= 4 is 0 Å². The van der Waals surface area contributed by atoms with E-state index in [9.17, 15) is 0 Å². The van der Waals surface area contributed by atoms with E-state index in [2.05, 4.69) is 35.1 Å². The van der Waals surface area contributed by atoms with E-state index in [0.717, 1.165) is 19.0 Å². The number of nitrogens with zero attached hydrogens (tertiary/aromatic N) is 2. The summed E-state index contributed by atoms with van der Waals surface area (Å²) in [7, 11) is 0. The maximum Gasteiger partial charge on any atom is 0.0600 e. The van der Waals surface area contributed by atoms with Crippen LogP contribution in [0, 0.1) is 5.92 Å². The van der Waals surface area contributed by atoms with Crippen molar-refractivity contribution < 1.29 is 0 Å². The fourth-order valence-corrected chi connectivity index (χ4v) is 2.33. The first-order valence-corrected chi connectivity index (χ1v) is 5.42. The molecular weight excluding hydrogens is 174 g/mol. The van der Waals surface area contributed by atoms with E-state index in [1.54, 1.807) is 0 Å². The van der Waals surface area contributed by atoms with Crippen molar-refractivity contribution in [1.82, 2.24) is 15.1 Å². The molecule has 1 aromatic heterocycles. The van der Waals surface area contributed by atoms with Gasteiger partial charge in [-0.25, -0.2) is 0 Å². The normalized spacial score (nSPS) is 19.9. The van der Waals surface area contributed by atoms with Crippen molar-refractivity contribution in [1.29, 1.82) is 0 Å². The van der Waals surface area contributed by atoms with Gasteiger partial charge in [0, 0.05) is 12.4 Å². The van der Waals surface area contributed by atoms with Crippen LogP contribution in [0.4, 0.5) is 0 Å². The summed E-state index contributed by atoms with van der Waals surface area (Å²) in [5.41, 5.74) is 0.158. The quantitative estimate of drug-likeness (QED) is 0.773. The van der Waals surface area contributed by atoms with Gasteiger partial charge in [-0.2, -0.15) is 5.10 Å². The molecule has 0 saturated carbocycles. The molecule has 1 fully saturated rings. The predicted molar refractivity (Wildman–Crippen MR) is 57.1 cm³/mol. The first kappa shape index (κ1) is 9.71. The molecule has 0 radical (unpaired) electrons. The highest BCUT2D eigenvalue weighted by atomic mass is 15.3. The molecule has 0 amide bonds. The predicted octanol–water partition coefficient (Wildman–Crippen LogP) is 1.62. The molecule has 0 aliphatic carbocycles. The number of hydrogen-bond donors (Lipinski definition) is 1. The van der Waals surface area contributed by atoms with E-state index in [-0.39, 0.29) is 5.54 Å². The van der Waals surface area contributed by atoms with Crippen LogP contribution in [0.2, 0.25) is 0 Å². The van der Waals surface area contributed by atoms with Gasteiger partial charge in [-0.1, -0.05) is 0 Å². The maximum absolute atomic E-state index is 4.36. The van der Waals surface area contributed by atoms with Crippen LogP contribution >= 0.6 is 0 Å². The van der Waals surface area contributed by atoms with E-state index < -0.39 is 0 Å². The first-order valence-electron chi connectivity index (χ1n) is 5.42. The molecule has 0 bridgehead atoms. The molecular formula is C11H19N3. The van der Waals surface area contributed by atoms with Gasteiger partial charge in [0.05, 0.1) is 5.54 Å². The smallest absolute Gasteiger partial charge is 0.0600 e. The number of hydrogen-bond acceptors (Lipinski definition) is 2. The van der Waals surface area contributed by atoms with Gasteiger partial charge in [-0.15, -0.1) is 0 Å². The van der Waals surface area contributed by atoms with Gasteiger partial charge in [0.1, 0.15) is 0 Å².